The Morgan fingerprint density at radius 3 is 2.58 bits per heavy atom. The van der Waals surface area contributed by atoms with Crippen molar-refractivity contribution < 1.29 is 8.42 Å². The van der Waals surface area contributed by atoms with E-state index in [9.17, 15) is 8.42 Å². The van der Waals surface area contributed by atoms with E-state index >= 15 is 0 Å². The summed E-state index contributed by atoms with van der Waals surface area (Å²) in [5, 5.41) is 3.03. The molecule has 0 aromatic carbocycles. The molecule has 0 radical (unpaired) electrons. The molecule has 0 fully saturated rings. The van der Waals surface area contributed by atoms with Crippen molar-refractivity contribution in [3.63, 3.8) is 0 Å². The van der Waals surface area contributed by atoms with E-state index in [4.69, 9.17) is 0 Å². The van der Waals surface area contributed by atoms with E-state index in [0.717, 1.165) is 11.3 Å². The topological polar surface area (TPSA) is 49.4 Å². The second-order valence-corrected chi connectivity index (χ2v) is 8.90. The average Bonchev–Trinajstić information content (AvgIpc) is 2.67. The molecule has 7 heteroatoms. The van der Waals surface area contributed by atoms with Gasteiger partial charge in [-0.05, 0) is 49.3 Å². The van der Waals surface area contributed by atoms with Gasteiger partial charge < -0.3 is 5.32 Å². The Morgan fingerprint density at radius 2 is 2.11 bits per heavy atom. The Kier molecular flexibility index (Phi) is 6.46. The molecule has 0 saturated heterocycles. The zero-order chi connectivity index (χ0) is 14.6. The van der Waals surface area contributed by atoms with Crippen LogP contribution in [0.3, 0.4) is 0 Å². The number of hydrogen-bond acceptors (Lipinski definition) is 4. The van der Waals surface area contributed by atoms with Crippen LogP contribution in [-0.4, -0.2) is 32.4 Å². The Hall–Kier alpha value is 0.0500. The number of halogens is 1. The van der Waals surface area contributed by atoms with Gasteiger partial charge in [0.1, 0.15) is 4.90 Å². The van der Waals surface area contributed by atoms with Gasteiger partial charge in [-0.25, -0.2) is 8.42 Å². The summed E-state index contributed by atoms with van der Waals surface area (Å²) in [7, 11) is -1.58. The number of nitrogens with one attached hydrogen (secondary N) is 1. The highest BCUT2D eigenvalue weighted by Crippen LogP contribution is 2.34. The maximum Gasteiger partial charge on any atom is 0.245 e. The molecule has 0 spiro atoms. The first-order chi connectivity index (χ1) is 8.84. The van der Waals surface area contributed by atoms with E-state index in [2.05, 4.69) is 21.2 Å². The monoisotopic (exact) mass is 368 g/mol. The molecule has 0 aliphatic rings. The van der Waals surface area contributed by atoms with E-state index in [-0.39, 0.29) is 6.04 Å². The first kappa shape index (κ1) is 17.1. The molecule has 0 saturated carbocycles. The predicted octanol–water partition coefficient (Wildman–Crippen LogP) is 3.04. The summed E-state index contributed by atoms with van der Waals surface area (Å²) in [6.45, 7) is 7.02. The molecule has 1 aromatic rings. The molecule has 0 unspecified atom stereocenters. The molecule has 0 bridgehead atoms. The van der Waals surface area contributed by atoms with Crippen LogP contribution in [0.4, 0.5) is 0 Å². The molecule has 0 aliphatic carbocycles. The molecule has 0 atom stereocenters. The molecule has 0 amide bonds. The van der Waals surface area contributed by atoms with Gasteiger partial charge in [0.25, 0.3) is 0 Å². The van der Waals surface area contributed by atoms with Gasteiger partial charge >= 0.3 is 0 Å². The lowest BCUT2D eigenvalue weighted by Crippen LogP contribution is -2.37. The maximum atomic E-state index is 12.7. The number of nitrogens with zero attached hydrogens (tertiary/aromatic N) is 1. The van der Waals surface area contributed by atoms with Crippen LogP contribution < -0.4 is 5.32 Å². The zero-order valence-electron chi connectivity index (χ0n) is 11.7. The van der Waals surface area contributed by atoms with Crippen molar-refractivity contribution >= 4 is 37.3 Å². The first-order valence-electron chi connectivity index (χ1n) is 6.29. The molecule has 1 heterocycles. The van der Waals surface area contributed by atoms with Crippen molar-refractivity contribution in [2.24, 2.45) is 0 Å². The van der Waals surface area contributed by atoms with Gasteiger partial charge in [0.2, 0.25) is 10.0 Å². The van der Waals surface area contributed by atoms with Gasteiger partial charge in [-0.2, -0.15) is 4.31 Å². The highest BCUT2D eigenvalue weighted by Gasteiger charge is 2.29. The minimum absolute atomic E-state index is 0.0375. The van der Waals surface area contributed by atoms with Crippen molar-refractivity contribution in [2.45, 2.75) is 44.7 Å². The SMILES string of the molecule is CCCN(C(C)C)S(=O)(=O)c1cc(CNC)sc1Br. The summed E-state index contributed by atoms with van der Waals surface area (Å²) < 4.78 is 27.6. The van der Waals surface area contributed by atoms with E-state index in [0.29, 0.717) is 21.8 Å². The lowest BCUT2D eigenvalue weighted by molar-refractivity contribution is 0.354. The molecular weight excluding hydrogens is 348 g/mol. The first-order valence-corrected chi connectivity index (χ1v) is 9.34. The van der Waals surface area contributed by atoms with Crippen LogP contribution in [-0.2, 0) is 16.6 Å². The third-order valence-electron chi connectivity index (χ3n) is 2.66. The molecule has 1 N–H and O–H groups in total. The van der Waals surface area contributed by atoms with Crippen LogP contribution >= 0.6 is 27.3 Å². The summed E-state index contributed by atoms with van der Waals surface area (Å²) in [6, 6.07) is 1.72. The summed E-state index contributed by atoms with van der Waals surface area (Å²) in [4.78, 5) is 1.39. The zero-order valence-corrected chi connectivity index (χ0v) is 15.0. The maximum absolute atomic E-state index is 12.7. The number of sulfonamides is 1. The summed E-state index contributed by atoms with van der Waals surface area (Å²) in [5.41, 5.74) is 0. The Balaban J connectivity index is 3.17. The van der Waals surface area contributed by atoms with Crippen molar-refractivity contribution in [2.75, 3.05) is 13.6 Å². The van der Waals surface area contributed by atoms with E-state index in [1.165, 1.54) is 11.3 Å². The smallest absolute Gasteiger partial charge is 0.245 e. The van der Waals surface area contributed by atoms with Crippen molar-refractivity contribution in [3.05, 3.63) is 14.7 Å². The van der Waals surface area contributed by atoms with Gasteiger partial charge in [-0.3, -0.25) is 0 Å². The number of thiophene rings is 1. The molecule has 19 heavy (non-hydrogen) atoms. The summed E-state index contributed by atoms with van der Waals surface area (Å²) >= 11 is 4.84. The van der Waals surface area contributed by atoms with Crippen molar-refractivity contribution in [1.82, 2.24) is 9.62 Å². The second-order valence-electron chi connectivity index (χ2n) is 4.59. The lowest BCUT2D eigenvalue weighted by atomic mass is 10.4. The van der Waals surface area contributed by atoms with E-state index in [1.54, 1.807) is 10.4 Å². The fraction of sp³-hybridized carbons (Fsp3) is 0.667. The Labute approximate surface area is 128 Å². The van der Waals surface area contributed by atoms with Gasteiger partial charge in [0.05, 0.1) is 3.79 Å². The molecule has 4 nitrogen and oxygen atoms in total. The predicted molar refractivity (Wildman–Crippen MR) is 84.1 cm³/mol. The fourth-order valence-corrected chi connectivity index (χ4v) is 6.21. The van der Waals surface area contributed by atoms with Crippen LogP contribution in [0.1, 0.15) is 32.1 Å². The molecule has 110 valence electrons. The quantitative estimate of drug-likeness (QED) is 0.804. The second kappa shape index (κ2) is 7.17. The summed E-state index contributed by atoms with van der Waals surface area (Å²) in [6.07, 6.45) is 0.808. The fourth-order valence-electron chi connectivity index (χ4n) is 1.84. The Morgan fingerprint density at radius 1 is 1.47 bits per heavy atom. The number of hydrogen-bond donors (Lipinski definition) is 1. The van der Waals surface area contributed by atoms with Crippen LogP contribution in [0, 0.1) is 0 Å². The van der Waals surface area contributed by atoms with Crippen molar-refractivity contribution in [1.29, 1.82) is 0 Å². The molecule has 0 aliphatic heterocycles. The lowest BCUT2D eigenvalue weighted by Gasteiger charge is -2.25. The van der Waals surface area contributed by atoms with Crippen LogP contribution in [0.2, 0.25) is 0 Å². The third kappa shape index (κ3) is 4.01. The normalized spacial score (nSPS) is 12.6. The molecule has 1 aromatic heterocycles. The van der Waals surface area contributed by atoms with E-state index in [1.807, 2.05) is 27.8 Å². The molecule has 1 rings (SSSR count). The number of rotatable bonds is 7. The van der Waals surface area contributed by atoms with Crippen molar-refractivity contribution in [3.8, 4) is 0 Å². The highest BCUT2D eigenvalue weighted by atomic mass is 79.9. The standard InChI is InChI=1S/C12H21BrN2O2S2/c1-5-6-15(9(2)3)19(16,17)11-7-10(8-14-4)18-12(11)13/h7,9,14H,5-6,8H2,1-4H3. The third-order valence-corrected chi connectivity index (χ3v) is 6.99. The van der Waals surface area contributed by atoms with E-state index < -0.39 is 10.0 Å². The minimum Gasteiger partial charge on any atom is -0.315 e. The van der Waals surface area contributed by atoms with Gasteiger partial charge in [-0.15, -0.1) is 11.3 Å². The summed E-state index contributed by atoms with van der Waals surface area (Å²) in [5.74, 6) is 0. The van der Waals surface area contributed by atoms with Crippen LogP contribution in [0.15, 0.2) is 14.7 Å². The van der Waals surface area contributed by atoms with Crippen LogP contribution in [0.5, 0.6) is 0 Å². The minimum atomic E-state index is -3.42. The largest absolute Gasteiger partial charge is 0.315 e. The average molecular weight is 369 g/mol. The van der Waals surface area contributed by atoms with Gasteiger partial charge in [0, 0.05) is 24.0 Å². The van der Waals surface area contributed by atoms with Crippen LogP contribution in [0.25, 0.3) is 0 Å². The molecular formula is C12H21BrN2O2S2. The van der Waals surface area contributed by atoms with Gasteiger partial charge in [0.15, 0.2) is 0 Å². The highest BCUT2D eigenvalue weighted by molar-refractivity contribution is 9.11. The van der Waals surface area contributed by atoms with Gasteiger partial charge in [-0.1, -0.05) is 6.92 Å². The Bertz CT molecular complexity index is 512.